The molecule has 0 saturated carbocycles. The maximum Gasteiger partial charge on any atom is 0.331 e. The summed E-state index contributed by atoms with van der Waals surface area (Å²) in [5.41, 5.74) is -0.0877. The van der Waals surface area contributed by atoms with Gasteiger partial charge in [0.05, 0.1) is 18.7 Å². The summed E-state index contributed by atoms with van der Waals surface area (Å²) in [6.07, 6.45) is 3.86. The van der Waals surface area contributed by atoms with E-state index >= 15 is 0 Å². The van der Waals surface area contributed by atoms with Crippen molar-refractivity contribution in [3.8, 4) is 12.1 Å². The maximum atomic E-state index is 12.8. The summed E-state index contributed by atoms with van der Waals surface area (Å²) in [6.45, 7) is 8.26. The first kappa shape index (κ1) is 26.1. The van der Waals surface area contributed by atoms with Crippen LogP contribution in [0.5, 0.6) is 0 Å². The van der Waals surface area contributed by atoms with Gasteiger partial charge < -0.3 is 20.6 Å². The number of carboxylic acid groups (broad SMARTS) is 1. The fourth-order valence-corrected chi connectivity index (χ4v) is 3.61. The minimum Gasteiger partial charge on any atom is -0.478 e. The van der Waals surface area contributed by atoms with E-state index in [9.17, 15) is 25.2 Å². The van der Waals surface area contributed by atoms with E-state index in [2.05, 4.69) is 27.8 Å². The van der Waals surface area contributed by atoms with Crippen molar-refractivity contribution in [2.45, 2.75) is 71.0 Å². The lowest BCUT2D eigenvalue weighted by atomic mass is 9.94. The predicted molar refractivity (Wildman–Crippen MR) is 118 cm³/mol. The summed E-state index contributed by atoms with van der Waals surface area (Å²) in [6, 6.07) is 3.15. The zero-order valence-corrected chi connectivity index (χ0v) is 19.1. The lowest BCUT2D eigenvalue weighted by molar-refractivity contribution is -0.133. The number of carbonyl (C=O) groups is 2. The number of aliphatic imine (C=N–C) groups is 1. The topological polar surface area (TPSA) is 142 Å². The normalized spacial score (nSPS) is 23.6. The standard InChI is InChI=1S/C22H34N6O3/c1-6-16(21(30)31)11-19(25-5)26-9-8-22(4,7-2)27-14-20(29)28-17(12-23)10-15(3)18(28)13-24/h11,15,17-18,27H,6-10,14H2,1-5H3,(H,25,26)(H,30,31)/b16-11+. The van der Waals surface area contributed by atoms with Crippen LogP contribution in [-0.2, 0) is 9.59 Å². The summed E-state index contributed by atoms with van der Waals surface area (Å²) in [4.78, 5) is 29.5. The van der Waals surface area contributed by atoms with Gasteiger partial charge in [-0.2, -0.15) is 10.5 Å². The molecule has 1 saturated heterocycles. The minimum atomic E-state index is -0.966. The van der Waals surface area contributed by atoms with Crippen molar-refractivity contribution in [2.24, 2.45) is 10.9 Å². The highest BCUT2D eigenvalue weighted by Crippen LogP contribution is 2.29. The Bertz CT molecular complexity index is 794. The third-order valence-electron chi connectivity index (χ3n) is 5.98. The van der Waals surface area contributed by atoms with Crippen LogP contribution in [0, 0.1) is 28.6 Å². The number of rotatable bonds is 10. The molecule has 0 aromatic heterocycles. The van der Waals surface area contributed by atoms with Gasteiger partial charge in [-0.05, 0) is 44.6 Å². The van der Waals surface area contributed by atoms with Crippen molar-refractivity contribution >= 4 is 17.7 Å². The second-order valence-corrected chi connectivity index (χ2v) is 8.11. The first-order valence-corrected chi connectivity index (χ1v) is 10.7. The Kier molecular flexibility index (Phi) is 10.2. The van der Waals surface area contributed by atoms with Gasteiger partial charge in [0.15, 0.2) is 0 Å². The van der Waals surface area contributed by atoms with Gasteiger partial charge in [0.25, 0.3) is 0 Å². The van der Waals surface area contributed by atoms with Crippen LogP contribution in [0.4, 0.5) is 0 Å². The molecule has 1 rings (SSSR count). The molecule has 1 heterocycles. The van der Waals surface area contributed by atoms with Crippen LogP contribution < -0.4 is 10.6 Å². The number of carboxylic acids is 1. The first-order chi connectivity index (χ1) is 14.7. The molecule has 0 aromatic carbocycles. The van der Waals surface area contributed by atoms with Gasteiger partial charge in [-0.3, -0.25) is 9.79 Å². The van der Waals surface area contributed by atoms with E-state index in [0.29, 0.717) is 31.6 Å². The Balaban J connectivity index is 2.70. The zero-order valence-electron chi connectivity index (χ0n) is 19.1. The number of hydrogen-bond donors (Lipinski definition) is 3. The highest BCUT2D eigenvalue weighted by Gasteiger charge is 2.42. The minimum absolute atomic E-state index is 0.0287. The number of nitrogens with zero attached hydrogens (tertiary/aromatic N) is 4. The molecule has 1 aliphatic heterocycles. The Hall–Kier alpha value is -2.91. The van der Waals surface area contributed by atoms with Crippen molar-refractivity contribution in [2.75, 3.05) is 20.1 Å². The van der Waals surface area contributed by atoms with Gasteiger partial charge >= 0.3 is 5.97 Å². The number of amidine groups is 1. The number of amides is 1. The number of carbonyl (C=O) groups excluding carboxylic acids is 1. The maximum absolute atomic E-state index is 12.8. The molecule has 0 aliphatic carbocycles. The monoisotopic (exact) mass is 430 g/mol. The van der Waals surface area contributed by atoms with Crippen LogP contribution in [0.3, 0.4) is 0 Å². The van der Waals surface area contributed by atoms with E-state index in [4.69, 9.17) is 0 Å². The summed E-state index contributed by atoms with van der Waals surface area (Å²) < 4.78 is 0. The summed E-state index contributed by atoms with van der Waals surface area (Å²) in [7, 11) is 1.60. The van der Waals surface area contributed by atoms with Crippen LogP contribution in [0.1, 0.15) is 53.4 Å². The molecule has 9 heteroatoms. The van der Waals surface area contributed by atoms with Crippen LogP contribution in [0.15, 0.2) is 16.6 Å². The van der Waals surface area contributed by atoms with E-state index < -0.39 is 18.1 Å². The number of nitriles is 2. The second kappa shape index (κ2) is 12.1. The molecular weight excluding hydrogens is 396 g/mol. The highest BCUT2D eigenvalue weighted by atomic mass is 16.4. The van der Waals surface area contributed by atoms with Gasteiger partial charge in [0.2, 0.25) is 5.91 Å². The Morgan fingerprint density at radius 3 is 2.48 bits per heavy atom. The molecule has 170 valence electrons. The molecule has 0 bridgehead atoms. The molecule has 1 amide bonds. The average molecular weight is 431 g/mol. The lowest BCUT2D eigenvalue weighted by Crippen LogP contribution is -2.51. The summed E-state index contributed by atoms with van der Waals surface area (Å²) in [5, 5.41) is 34.4. The predicted octanol–water partition coefficient (Wildman–Crippen LogP) is 1.83. The van der Waals surface area contributed by atoms with Gasteiger partial charge in [0, 0.05) is 24.7 Å². The fraction of sp³-hybridized carbons (Fsp3) is 0.682. The zero-order chi connectivity index (χ0) is 23.6. The third kappa shape index (κ3) is 7.08. The molecular formula is C22H34N6O3. The molecule has 1 fully saturated rings. The smallest absolute Gasteiger partial charge is 0.331 e. The van der Waals surface area contributed by atoms with Gasteiger partial charge in [-0.25, -0.2) is 4.79 Å². The Morgan fingerprint density at radius 2 is 2.00 bits per heavy atom. The lowest BCUT2D eigenvalue weighted by Gasteiger charge is -2.32. The summed E-state index contributed by atoms with van der Waals surface area (Å²) in [5.74, 6) is -0.748. The molecule has 0 spiro atoms. The van der Waals surface area contributed by atoms with Gasteiger partial charge in [-0.1, -0.05) is 20.8 Å². The van der Waals surface area contributed by atoms with E-state index in [-0.39, 0.29) is 29.5 Å². The average Bonchev–Trinajstić information content (AvgIpc) is 3.09. The van der Waals surface area contributed by atoms with E-state index in [1.807, 2.05) is 20.8 Å². The molecule has 1 aliphatic rings. The van der Waals surface area contributed by atoms with Gasteiger partial charge in [-0.15, -0.1) is 0 Å². The van der Waals surface area contributed by atoms with E-state index in [1.165, 1.54) is 11.0 Å². The van der Waals surface area contributed by atoms with Crippen molar-refractivity contribution in [3.63, 3.8) is 0 Å². The molecule has 9 nitrogen and oxygen atoms in total. The molecule has 31 heavy (non-hydrogen) atoms. The fourth-order valence-electron chi connectivity index (χ4n) is 3.61. The molecule has 0 aromatic rings. The van der Waals surface area contributed by atoms with Crippen molar-refractivity contribution < 1.29 is 14.7 Å². The second-order valence-electron chi connectivity index (χ2n) is 8.11. The van der Waals surface area contributed by atoms with Crippen molar-refractivity contribution in [3.05, 3.63) is 11.6 Å². The SMILES string of the molecule is CC/C(=C\C(=NC)NCCC(C)(CC)NCC(=O)N1C(C#N)CC(C)C1C#N)C(=O)O. The number of aliphatic carboxylic acids is 1. The van der Waals surface area contributed by atoms with E-state index in [0.717, 1.165) is 6.42 Å². The van der Waals surface area contributed by atoms with Gasteiger partial charge in [0.1, 0.15) is 17.9 Å². The van der Waals surface area contributed by atoms with Crippen LogP contribution in [0.2, 0.25) is 0 Å². The first-order valence-electron chi connectivity index (χ1n) is 10.7. The molecule has 4 unspecified atom stereocenters. The van der Waals surface area contributed by atoms with Crippen LogP contribution >= 0.6 is 0 Å². The van der Waals surface area contributed by atoms with Crippen molar-refractivity contribution in [1.82, 2.24) is 15.5 Å². The molecule has 4 atom stereocenters. The largest absolute Gasteiger partial charge is 0.478 e. The Labute approximate surface area is 184 Å². The van der Waals surface area contributed by atoms with E-state index in [1.54, 1.807) is 14.0 Å². The Morgan fingerprint density at radius 1 is 1.32 bits per heavy atom. The molecule has 0 radical (unpaired) electrons. The highest BCUT2D eigenvalue weighted by molar-refractivity contribution is 6.00. The molecule has 3 N–H and O–H groups in total. The van der Waals surface area contributed by atoms with Crippen molar-refractivity contribution in [1.29, 1.82) is 10.5 Å². The van der Waals surface area contributed by atoms with Crippen LogP contribution in [0.25, 0.3) is 0 Å². The van der Waals surface area contributed by atoms with Crippen LogP contribution in [-0.4, -0.2) is 65.5 Å². The number of nitrogens with one attached hydrogen (secondary N) is 2. The number of hydrogen-bond acceptors (Lipinski definition) is 6. The third-order valence-corrected chi connectivity index (χ3v) is 5.98. The quantitative estimate of drug-likeness (QED) is 0.273. The number of likely N-dealkylation sites (tertiary alicyclic amines) is 1. The summed E-state index contributed by atoms with van der Waals surface area (Å²) >= 11 is 0.